The Hall–Kier alpha value is -3.63. The first-order valence-corrected chi connectivity index (χ1v) is 10.7. The van der Waals surface area contributed by atoms with Crippen molar-refractivity contribution < 1.29 is 27.9 Å². The molecule has 0 aliphatic heterocycles. The van der Waals surface area contributed by atoms with E-state index in [-0.39, 0.29) is 15.7 Å². The van der Waals surface area contributed by atoms with Crippen LogP contribution in [0.15, 0.2) is 29.1 Å². The van der Waals surface area contributed by atoms with Gasteiger partial charge in [-0.2, -0.15) is 18.4 Å². The number of halogens is 3. The monoisotopic (exact) mass is 497 g/mol. The number of rotatable bonds is 7. The lowest BCUT2D eigenvalue weighted by Crippen LogP contribution is -2.37. The summed E-state index contributed by atoms with van der Waals surface area (Å²) < 4.78 is 38.4. The van der Waals surface area contributed by atoms with Crippen LogP contribution < -0.4 is 30.7 Å². The molecule has 1 aromatic heterocycles. The molecule has 0 unspecified atom stereocenters. The number of hydrogen-bond acceptors (Lipinski definition) is 7. The fourth-order valence-corrected chi connectivity index (χ4v) is 3.66. The number of aliphatic hydroxyl groups is 1. The molecule has 9 nitrogen and oxygen atoms in total. The highest BCUT2D eigenvalue weighted by atomic mass is 32.1. The van der Waals surface area contributed by atoms with Gasteiger partial charge in [-0.3, -0.25) is 19.0 Å². The second kappa shape index (κ2) is 10.5. The minimum absolute atomic E-state index is 0.0751. The zero-order valence-corrected chi connectivity index (χ0v) is 19.2. The third kappa shape index (κ3) is 6.93. The number of nitriles is 1. The summed E-state index contributed by atoms with van der Waals surface area (Å²) in [6.07, 6.45) is -3.33. The Balaban J connectivity index is 2.41. The molecule has 0 bridgehead atoms. The van der Waals surface area contributed by atoms with Crippen LogP contribution in [0.5, 0.6) is 0 Å². The first-order valence-electron chi connectivity index (χ1n) is 9.86. The number of nitrogens with one attached hydrogen (secondary N) is 3. The minimum atomic E-state index is -4.65. The molecule has 0 saturated heterocycles. The Morgan fingerprint density at radius 1 is 1.26 bits per heavy atom. The predicted molar refractivity (Wildman–Crippen MR) is 121 cm³/mol. The highest BCUT2D eigenvalue weighted by Crippen LogP contribution is 2.17. The van der Waals surface area contributed by atoms with Crippen LogP contribution in [0, 0.1) is 11.3 Å². The number of hydrogen-bond donors (Lipinski definition) is 4. The maximum absolute atomic E-state index is 12.7. The van der Waals surface area contributed by atoms with E-state index in [1.807, 2.05) is 0 Å². The molecule has 1 heterocycles. The van der Waals surface area contributed by atoms with Crippen LogP contribution >= 0.6 is 11.3 Å². The molecule has 34 heavy (non-hydrogen) atoms. The van der Waals surface area contributed by atoms with E-state index in [9.17, 15) is 37.9 Å². The smallest absolute Gasteiger partial charge is 0.381 e. The van der Waals surface area contributed by atoms with E-state index in [1.54, 1.807) is 42.6 Å². The number of carbonyl (C=O) groups is 2. The quantitative estimate of drug-likeness (QED) is 0.448. The number of nitrogens with zero attached hydrogens (tertiary/aromatic N) is 2. The van der Waals surface area contributed by atoms with Crippen molar-refractivity contribution in [1.82, 2.24) is 9.88 Å². The van der Waals surface area contributed by atoms with Gasteiger partial charge in [-0.15, -0.1) is 11.3 Å². The predicted octanol–water partition coefficient (Wildman–Crippen LogP) is 0.842. The van der Waals surface area contributed by atoms with Crippen molar-refractivity contribution in [2.75, 3.05) is 17.2 Å². The van der Waals surface area contributed by atoms with Crippen molar-refractivity contribution in [3.05, 3.63) is 43.8 Å². The third-order valence-corrected chi connectivity index (χ3v) is 5.40. The number of aromatic nitrogens is 1. The van der Waals surface area contributed by atoms with Crippen molar-refractivity contribution in [3.8, 4) is 6.07 Å². The van der Waals surface area contributed by atoms with Crippen molar-refractivity contribution in [2.45, 2.75) is 39.1 Å². The van der Waals surface area contributed by atoms with Crippen molar-refractivity contribution >= 4 is 46.3 Å². The molecule has 182 valence electrons. The van der Waals surface area contributed by atoms with Crippen LogP contribution in [0.3, 0.4) is 0 Å². The summed E-state index contributed by atoms with van der Waals surface area (Å²) in [5, 5.41) is 26.1. The molecule has 0 aliphatic carbocycles. The summed E-state index contributed by atoms with van der Waals surface area (Å²) in [5.74, 6) is -1.86. The molecule has 0 saturated carbocycles. The van der Waals surface area contributed by atoms with Gasteiger partial charge in [-0.1, -0.05) is 6.07 Å². The number of benzene rings is 1. The molecule has 0 aliphatic rings. The highest BCUT2D eigenvalue weighted by Gasteiger charge is 2.29. The number of anilines is 2. The first-order chi connectivity index (χ1) is 15.8. The van der Waals surface area contributed by atoms with Crippen LogP contribution in [0.1, 0.15) is 20.8 Å². The van der Waals surface area contributed by atoms with Gasteiger partial charge in [0.25, 0.3) is 17.4 Å². The average Bonchev–Trinajstić information content (AvgIpc) is 3.05. The summed E-state index contributed by atoms with van der Waals surface area (Å²) in [6.45, 7) is 2.73. The molecule has 4 N–H and O–H groups in total. The van der Waals surface area contributed by atoms with E-state index in [1.165, 1.54) is 20.0 Å². The molecule has 13 heteroatoms. The standard InChI is InChI=1S/C21H22F3N5O4S/c1-4-29-17(31)15(34-18(29)14(9-25)16(30)27-11-21(22,23)24)10-26-12-6-5-7-13(8-12)28-19(32)20(2,3)33/h5-8,10,26,33H,4,11H2,1-3H3,(H,27,30)(H,28,32)/b15-10+,18-14-. The van der Waals surface area contributed by atoms with Crippen LogP contribution in [-0.4, -0.2) is 39.8 Å². The van der Waals surface area contributed by atoms with Crippen LogP contribution in [-0.2, 0) is 16.1 Å². The summed E-state index contributed by atoms with van der Waals surface area (Å²) in [6, 6.07) is 7.97. The maximum Gasteiger partial charge on any atom is 0.405 e. The molecule has 2 rings (SSSR count). The van der Waals surface area contributed by atoms with E-state index in [2.05, 4.69) is 10.6 Å². The molecule has 2 amide bonds. The Morgan fingerprint density at radius 2 is 1.91 bits per heavy atom. The molecule has 0 spiro atoms. The summed E-state index contributed by atoms with van der Waals surface area (Å²) in [5.41, 5.74) is -1.89. The molecule has 1 aromatic carbocycles. The van der Waals surface area contributed by atoms with Gasteiger partial charge in [-0.25, -0.2) is 0 Å². The molecular formula is C21H22F3N5O4S. The van der Waals surface area contributed by atoms with E-state index >= 15 is 0 Å². The van der Waals surface area contributed by atoms with Gasteiger partial charge in [0.2, 0.25) is 0 Å². The second-order valence-corrected chi connectivity index (χ2v) is 8.52. The SMILES string of the molecule is CCn1c(=O)/c(=C\Nc2cccc(NC(=O)C(C)(C)O)c2)s/c1=C(/C#N)C(=O)NCC(F)(F)F. The maximum atomic E-state index is 12.7. The van der Waals surface area contributed by atoms with Gasteiger partial charge in [0, 0.05) is 24.1 Å². The van der Waals surface area contributed by atoms with Crippen molar-refractivity contribution in [2.24, 2.45) is 0 Å². The van der Waals surface area contributed by atoms with Crippen molar-refractivity contribution in [3.63, 3.8) is 0 Å². The zero-order valence-electron chi connectivity index (χ0n) is 18.4. The Kier molecular flexibility index (Phi) is 8.25. The van der Waals surface area contributed by atoms with E-state index in [4.69, 9.17) is 0 Å². The summed E-state index contributed by atoms with van der Waals surface area (Å²) >= 11 is 0.771. The Morgan fingerprint density at radius 3 is 2.47 bits per heavy atom. The van der Waals surface area contributed by atoms with E-state index in [0.717, 1.165) is 15.9 Å². The fourth-order valence-electron chi connectivity index (χ4n) is 2.58. The van der Waals surface area contributed by atoms with Gasteiger partial charge in [0.05, 0.1) is 0 Å². The molecule has 0 radical (unpaired) electrons. The molecule has 0 fully saturated rings. The number of alkyl halides is 3. The van der Waals surface area contributed by atoms with Gasteiger partial charge in [0.1, 0.15) is 27.4 Å². The Bertz CT molecular complexity index is 1300. The average molecular weight is 497 g/mol. The minimum Gasteiger partial charge on any atom is -0.381 e. The largest absolute Gasteiger partial charge is 0.405 e. The molecular weight excluding hydrogens is 475 g/mol. The lowest BCUT2D eigenvalue weighted by Gasteiger charge is -2.16. The molecule has 0 atom stereocenters. The molecule has 2 aromatic rings. The second-order valence-electron chi connectivity index (χ2n) is 7.49. The summed E-state index contributed by atoms with van der Waals surface area (Å²) in [7, 11) is 0. The number of carbonyl (C=O) groups excluding carboxylic acids is 2. The highest BCUT2D eigenvalue weighted by molar-refractivity contribution is 7.07. The van der Waals surface area contributed by atoms with Gasteiger partial charge < -0.3 is 21.1 Å². The van der Waals surface area contributed by atoms with E-state index < -0.39 is 41.3 Å². The lowest BCUT2D eigenvalue weighted by molar-refractivity contribution is -0.135. The number of thiazole rings is 1. The fraction of sp³-hybridized carbons (Fsp3) is 0.333. The van der Waals surface area contributed by atoms with Gasteiger partial charge >= 0.3 is 6.18 Å². The first kappa shape index (κ1) is 26.6. The summed E-state index contributed by atoms with van der Waals surface area (Å²) in [4.78, 5) is 36.8. The normalized spacial score (nSPS) is 13.2. The van der Waals surface area contributed by atoms with Crippen LogP contribution in [0.2, 0.25) is 0 Å². The van der Waals surface area contributed by atoms with Gasteiger partial charge in [-0.05, 0) is 39.0 Å². The van der Waals surface area contributed by atoms with Gasteiger partial charge in [0.15, 0.2) is 5.57 Å². The van der Waals surface area contributed by atoms with E-state index in [0.29, 0.717) is 11.4 Å². The van der Waals surface area contributed by atoms with Crippen LogP contribution in [0.25, 0.3) is 11.8 Å². The van der Waals surface area contributed by atoms with Crippen molar-refractivity contribution in [1.29, 1.82) is 5.26 Å². The van der Waals surface area contributed by atoms with Crippen LogP contribution in [0.4, 0.5) is 24.5 Å². The zero-order chi connectivity index (χ0) is 25.7. The third-order valence-electron chi connectivity index (χ3n) is 4.27. The Labute approximate surface area is 195 Å². The lowest BCUT2D eigenvalue weighted by atomic mass is 10.1. The topological polar surface area (TPSA) is 136 Å². The number of amides is 2.